The third kappa shape index (κ3) is 2.52. The van der Waals surface area contributed by atoms with E-state index in [4.69, 9.17) is 0 Å². The molecule has 0 fully saturated rings. The van der Waals surface area contributed by atoms with Gasteiger partial charge in [-0.3, -0.25) is 4.79 Å². The summed E-state index contributed by atoms with van der Waals surface area (Å²) < 4.78 is 5.57. The van der Waals surface area contributed by atoms with Gasteiger partial charge in [-0.25, -0.2) is 9.78 Å². The summed E-state index contributed by atoms with van der Waals surface area (Å²) in [5.74, 6) is -0.770. The van der Waals surface area contributed by atoms with Gasteiger partial charge in [-0.05, 0) is 22.0 Å². The van der Waals surface area contributed by atoms with Gasteiger partial charge in [0.05, 0.1) is 12.0 Å². The molecule has 2 aromatic rings. The Bertz CT molecular complexity index is 618. The van der Waals surface area contributed by atoms with Crippen LogP contribution < -0.4 is 0 Å². The maximum atomic E-state index is 11.6. The van der Waals surface area contributed by atoms with E-state index in [2.05, 4.69) is 25.7 Å². The van der Waals surface area contributed by atoms with Crippen LogP contribution in [0, 0.1) is 0 Å². The molecule has 94 valence electrons. The fourth-order valence-electron chi connectivity index (χ4n) is 1.32. The minimum Gasteiger partial charge on any atom is -0.464 e. The van der Waals surface area contributed by atoms with Crippen molar-refractivity contribution >= 4 is 50.4 Å². The summed E-state index contributed by atoms with van der Waals surface area (Å²) in [4.78, 5) is 28.5. The second-order valence-corrected chi connectivity index (χ2v) is 6.20. The Morgan fingerprint density at radius 1 is 1.44 bits per heavy atom. The molecular weight excluding hydrogens is 338 g/mol. The molecule has 2 aromatic heterocycles. The number of rotatable bonds is 3. The Labute approximate surface area is 120 Å². The molecule has 18 heavy (non-hydrogen) atoms. The number of halogens is 1. The number of carbonyl (C=O) groups is 2. The van der Waals surface area contributed by atoms with Crippen LogP contribution in [0.25, 0.3) is 9.88 Å². The molecule has 0 aliphatic heterocycles. The molecule has 0 spiro atoms. The van der Waals surface area contributed by atoms with Gasteiger partial charge in [0, 0.05) is 16.8 Å². The van der Waals surface area contributed by atoms with Gasteiger partial charge >= 0.3 is 5.97 Å². The first kappa shape index (κ1) is 13.4. The first-order valence-electron chi connectivity index (χ1n) is 4.87. The fraction of sp³-hybridized carbons (Fsp3) is 0.182. The lowest BCUT2D eigenvalue weighted by Crippen LogP contribution is -2.06. The van der Waals surface area contributed by atoms with E-state index >= 15 is 0 Å². The molecule has 0 aliphatic carbocycles. The van der Waals surface area contributed by atoms with Crippen LogP contribution in [0.1, 0.15) is 27.1 Å². The molecule has 0 aliphatic rings. The highest BCUT2D eigenvalue weighted by molar-refractivity contribution is 9.10. The van der Waals surface area contributed by atoms with E-state index in [1.165, 1.54) is 36.7 Å². The summed E-state index contributed by atoms with van der Waals surface area (Å²) in [6, 6.07) is 1.90. The Kier molecular flexibility index (Phi) is 3.94. The quantitative estimate of drug-likeness (QED) is 0.629. The minimum absolute atomic E-state index is 0.0922. The number of thiophene rings is 1. The van der Waals surface area contributed by atoms with Crippen molar-refractivity contribution in [3.05, 3.63) is 26.5 Å². The standard InChI is InChI=1S/C11H8BrNO3S2/c1-5(14)9-8(11(15)16-2)13-10(18-9)7-3-6(12)4-17-7/h3-4H,1-2H3. The van der Waals surface area contributed by atoms with E-state index < -0.39 is 5.97 Å². The van der Waals surface area contributed by atoms with E-state index in [-0.39, 0.29) is 11.5 Å². The Balaban J connectivity index is 2.52. The summed E-state index contributed by atoms with van der Waals surface area (Å²) in [6.45, 7) is 1.41. The van der Waals surface area contributed by atoms with Gasteiger partial charge in [0.2, 0.25) is 0 Å². The summed E-state index contributed by atoms with van der Waals surface area (Å²) in [7, 11) is 1.27. The predicted octanol–water partition coefficient (Wildman–Crippen LogP) is 3.62. The van der Waals surface area contributed by atoms with Crippen LogP contribution in [0.4, 0.5) is 0 Å². The second kappa shape index (κ2) is 5.29. The van der Waals surface area contributed by atoms with Crippen LogP contribution in [0.3, 0.4) is 0 Å². The third-order valence-corrected chi connectivity index (χ3v) is 5.12. The number of hydrogen-bond donors (Lipinski definition) is 0. The number of nitrogens with zero attached hydrogens (tertiary/aromatic N) is 1. The highest BCUT2D eigenvalue weighted by atomic mass is 79.9. The molecule has 2 heterocycles. The number of ether oxygens (including phenoxy) is 1. The zero-order valence-electron chi connectivity index (χ0n) is 9.52. The molecule has 0 aromatic carbocycles. The van der Waals surface area contributed by atoms with Crippen molar-refractivity contribution < 1.29 is 14.3 Å². The number of aromatic nitrogens is 1. The monoisotopic (exact) mass is 345 g/mol. The molecule has 0 radical (unpaired) electrons. The molecule has 0 saturated carbocycles. The van der Waals surface area contributed by atoms with Crippen molar-refractivity contribution in [3.8, 4) is 9.88 Å². The van der Waals surface area contributed by atoms with Crippen molar-refractivity contribution in [2.24, 2.45) is 0 Å². The minimum atomic E-state index is -0.585. The van der Waals surface area contributed by atoms with Crippen molar-refractivity contribution in [2.75, 3.05) is 7.11 Å². The number of Topliss-reactive ketones (excluding diaryl/α,β-unsaturated/α-hetero) is 1. The number of carbonyl (C=O) groups excluding carboxylic acids is 2. The maximum absolute atomic E-state index is 11.6. The summed E-state index contributed by atoms with van der Waals surface area (Å²) in [5, 5.41) is 2.57. The predicted molar refractivity (Wildman–Crippen MR) is 74.5 cm³/mol. The zero-order chi connectivity index (χ0) is 13.3. The lowest BCUT2D eigenvalue weighted by atomic mass is 10.3. The van der Waals surface area contributed by atoms with E-state index in [9.17, 15) is 9.59 Å². The first-order valence-corrected chi connectivity index (χ1v) is 7.36. The highest BCUT2D eigenvalue weighted by Crippen LogP contribution is 2.34. The summed E-state index contributed by atoms with van der Waals surface area (Å²) in [5.41, 5.74) is 0.0922. The molecular formula is C11H8BrNO3S2. The zero-order valence-corrected chi connectivity index (χ0v) is 12.7. The van der Waals surface area contributed by atoms with Crippen molar-refractivity contribution in [1.82, 2.24) is 4.98 Å². The van der Waals surface area contributed by atoms with Crippen molar-refractivity contribution in [3.63, 3.8) is 0 Å². The van der Waals surface area contributed by atoms with E-state index in [1.807, 2.05) is 11.4 Å². The van der Waals surface area contributed by atoms with Crippen molar-refractivity contribution in [1.29, 1.82) is 0 Å². The number of methoxy groups -OCH3 is 1. The summed E-state index contributed by atoms with van der Waals surface area (Å²) in [6.07, 6.45) is 0. The van der Waals surface area contributed by atoms with Gasteiger partial charge in [-0.15, -0.1) is 22.7 Å². The molecule has 0 saturated heterocycles. The normalized spacial score (nSPS) is 10.4. The maximum Gasteiger partial charge on any atom is 0.358 e. The van der Waals surface area contributed by atoms with Gasteiger partial charge in [0.25, 0.3) is 0 Å². The van der Waals surface area contributed by atoms with Gasteiger partial charge < -0.3 is 4.74 Å². The average Bonchev–Trinajstić information content (AvgIpc) is 2.93. The number of thiazole rings is 1. The topological polar surface area (TPSA) is 56.3 Å². The van der Waals surface area contributed by atoms with Crippen LogP contribution in [-0.4, -0.2) is 23.8 Å². The lowest BCUT2D eigenvalue weighted by molar-refractivity contribution is 0.0591. The van der Waals surface area contributed by atoms with Crippen molar-refractivity contribution in [2.45, 2.75) is 6.92 Å². The van der Waals surface area contributed by atoms with Gasteiger partial charge in [-0.1, -0.05) is 0 Å². The number of hydrogen-bond acceptors (Lipinski definition) is 6. The highest BCUT2D eigenvalue weighted by Gasteiger charge is 2.22. The molecule has 0 bridgehead atoms. The van der Waals surface area contributed by atoms with Crippen LogP contribution in [0.2, 0.25) is 0 Å². The van der Waals surface area contributed by atoms with E-state index in [0.29, 0.717) is 9.88 Å². The molecule has 0 amide bonds. The SMILES string of the molecule is COC(=O)c1nc(-c2cc(Br)cs2)sc1C(C)=O. The number of esters is 1. The van der Waals surface area contributed by atoms with Gasteiger partial charge in [-0.2, -0.15) is 0 Å². The summed E-state index contributed by atoms with van der Waals surface area (Å²) >= 11 is 6.05. The number of ketones is 1. The molecule has 0 N–H and O–H groups in total. The van der Waals surface area contributed by atoms with Crippen LogP contribution >= 0.6 is 38.6 Å². The van der Waals surface area contributed by atoms with E-state index in [0.717, 1.165) is 9.35 Å². The smallest absolute Gasteiger partial charge is 0.358 e. The molecule has 0 atom stereocenters. The van der Waals surface area contributed by atoms with Crippen LogP contribution in [0.15, 0.2) is 15.9 Å². The van der Waals surface area contributed by atoms with Crippen LogP contribution in [-0.2, 0) is 4.74 Å². The molecule has 7 heteroatoms. The lowest BCUT2D eigenvalue weighted by Gasteiger charge is -1.95. The largest absolute Gasteiger partial charge is 0.464 e. The van der Waals surface area contributed by atoms with Gasteiger partial charge in [0.15, 0.2) is 11.5 Å². The first-order chi connectivity index (χ1) is 8.52. The Morgan fingerprint density at radius 2 is 2.17 bits per heavy atom. The molecule has 4 nitrogen and oxygen atoms in total. The third-order valence-electron chi connectivity index (χ3n) is 2.10. The van der Waals surface area contributed by atoms with E-state index in [1.54, 1.807) is 0 Å². The average molecular weight is 346 g/mol. The second-order valence-electron chi connectivity index (χ2n) is 3.37. The molecule has 0 unspecified atom stereocenters. The fourth-order valence-corrected chi connectivity index (χ4v) is 3.76. The Hall–Kier alpha value is -1.05. The Morgan fingerprint density at radius 3 is 2.67 bits per heavy atom. The van der Waals surface area contributed by atoms with Gasteiger partial charge in [0.1, 0.15) is 9.88 Å². The molecule has 2 rings (SSSR count). The van der Waals surface area contributed by atoms with Crippen LogP contribution in [0.5, 0.6) is 0 Å².